The van der Waals surface area contributed by atoms with Crippen molar-refractivity contribution in [3.05, 3.63) is 0 Å². The molecular formula is C11H22N2O2. The molecule has 4 nitrogen and oxygen atoms in total. The lowest BCUT2D eigenvalue weighted by atomic mass is 9.95. The third kappa shape index (κ3) is 1.91. The maximum Gasteiger partial charge on any atom is 0.196 e. The van der Waals surface area contributed by atoms with Crippen molar-refractivity contribution in [3.8, 4) is 0 Å². The lowest BCUT2D eigenvalue weighted by Crippen LogP contribution is -2.60. The molecule has 2 heterocycles. The molecule has 0 amide bonds. The van der Waals surface area contributed by atoms with Gasteiger partial charge in [-0.05, 0) is 45.8 Å². The van der Waals surface area contributed by atoms with Crippen LogP contribution in [0.15, 0.2) is 0 Å². The van der Waals surface area contributed by atoms with Crippen molar-refractivity contribution < 1.29 is 9.84 Å². The van der Waals surface area contributed by atoms with Gasteiger partial charge in [-0.25, -0.2) is 0 Å². The third-order valence-corrected chi connectivity index (χ3v) is 3.88. The largest absolute Gasteiger partial charge is 0.363 e. The Morgan fingerprint density at radius 2 is 2.20 bits per heavy atom. The van der Waals surface area contributed by atoms with Crippen LogP contribution in [-0.4, -0.2) is 55.1 Å². The summed E-state index contributed by atoms with van der Waals surface area (Å²) in [5, 5.41) is 14.0. The third-order valence-electron chi connectivity index (χ3n) is 3.88. The lowest BCUT2D eigenvalue weighted by Gasteiger charge is -2.40. The van der Waals surface area contributed by atoms with Crippen molar-refractivity contribution >= 4 is 0 Å². The Labute approximate surface area is 91.6 Å². The minimum absolute atomic E-state index is 0.0908. The van der Waals surface area contributed by atoms with Crippen LogP contribution in [0, 0.1) is 0 Å². The van der Waals surface area contributed by atoms with Crippen molar-refractivity contribution in [3.63, 3.8) is 0 Å². The first-order valence-electron chi connectivity index (χ1n) is 5.89. The number of methoxy groups -OCH3 is 1. The average Bonchev–Trinajstić information content (AvgIpc) is 2.87. The molecule has 2 aliphatic heterocycles. The summed E-state index contributed by atoms with van der Waals surface area (Å²) >= 11 is 0. The van der Waals surface area contributed by atoms with Crippen molar-refractivity contribution in [1.82, 2.24) is 10.2 Å². The standard InChI is InChI=1S/C11H22N2O2/c1-13-8-4-6-10(13)11(14,15-2)9-5-3-7-12-9/h9-10,12,14H,3-8H2,1-2H3/t9-,10-,11?/m1/s1. The monoisotopic (exact) mass is 214 g/mol. The molecule has 0 aliphatic carbocycles. The highest BCUT2D eigenvalue weighted by Crippen LogP contribution is 2.32. The second kappa shape index (κ2) is 4.37. The van der Waals surface area contributed by atoms with E-state index in [1.54, 1.807) is 7.11 Å². The Morgan fingerprint density at radius 1 is 1.40 bits per heavy atom. The molecule has 0 spiro atoms. The van der Waals surface area contributed by atoms with Crippen LogP contribution >= 0.6 is 0 Å². The summed E-state index contributed by atoms with van der Waals surface area (Å²) in [7, 11) is 3.68. The highest BCUT2D eigenvalue weighted by Gasteiger charge is 2.48. The average molecular weight is 214 g/mol. The summed E-state index contributed by atoms with van der Waals surface area (Å²) in [4.78, 5) is 2.21. The molecule has 0 bridgehead atoms. The van der Waals surface area contributed by atoms with Crippen LogP contribution in [-0.2, 0) is 4.74 Å². The number of hydrogen-bond donors (Lipinski definition) is 2. The molecule has 2 N–H and O–H groups in total. The van der Waals surface area contributed by atoms with Crippen molar-refractivity contribution in [1.29, 1.82) is 0 Å². The second-order valence-corrected chi connectivity index (χ2v) is 4.74. The number of likely N-dealkylation sites (tertiary alicyclic amines) is 1. The normalized spacial score (nSPS) is 37.0. The lowest BCUT2D eigenvalue weighted by molar-refractivity contribution is -0.234. The van der Waals surface area contributed by atoms with E-state index in [9.17, 15) is 5.11 Å². The van der Waals surface area contributed by atoms with Crippen molar-refractivity contribution in [2.45, 2.75) is 43.6 Å². The summed E-state index contributed by atoms with van der Waals surface area (Å²) < 4.78 is 5.43. The van der Waals surface area contributed by atoms with E-state index >= 15 is 0 Å². The number of hydrogen-bond acceptors (Lipinski definition) is 4. The molecule has 2 aliphatic rings. The van der Waals surface area contributed by atoms with Crippen LogP contribution in [0.5, 0.6) is 0 Å². The van der Waals surface area contributed by atoms with Crippen LogP contribution < -0.4 is 5.32 Å². The first-order valence-corrected chi connectivity index (χ1v) is 5.89. The van der Waals surface area contributed by atoms with Gasteiger partial charge in [-0.1, -0.05) is 0 Å². The molecule has 0 aromatic carbocycles. The zero-order valence-electron chi connectivity index (χ0n) is 9.70. The smallest absolute Gasteiger partial charge is 0.196 e. The van der Waals surface area contributed by atoms with Gasteiger partial charge in [0.2, 0.25) is 0 Å². The topological polar surface area (TPSA) is 44.7 Å². The van der Waals surface area contributed by atoms with Gasteiger partial charge < -0.3 is 15.2 Å². The minimum Gasteiger partial charge on any atom is -0.363 e. The first-order chi connectivity index (χ1) is 7.18. The van der Waals surface area contributed by atoms with E-state index in [4.69, 9.17) is 4.74 Å². The summed E-state index contributed by atoms with van der Waals surface area (Å²) in [5.41, 5.74) is 0. The summed E-state index contributed by atoms with van der Waals surface area (Å²) in [6.07, 6.45) is 4.32. The maximum atomic E-state index is 10.7. The van der Waals surface area contributed by atoms with Gasteiger partial charge in [-0.15, -0.1) is 0 Å². The van der Waals surface area contributed by atoms with Gasteiger partial charge in [0.1, 0.15) is 0 Å². The SMILES string of the molecule is COC(O)([C@H]1CCCN1)[C@H]1CCCN1C. The Balaban J connectivity index is 2.11. The zero-order chi connectivity index (χ0) is 10.9. The van der Waals surface area contributed by atoms with Crippen molar-refractivity contribution in [2.24, 2.45) is 0 Å². The van der Waals surface area contributed by atoms with E-state index in [-0.39, 0.29) is 12.1 Å². The summed E-state index contributed by atoms with van der Waals surface area (Å²) in [6, 6.07) is 0.228. The Hall–Kier alpha value is -0.160. The van der Waals surface area contributed by atoms with E-state index in [0.29, 0.717) is 0 Å². The number of rotatable bonds is 3. The summed E-state index contributed by atoms with van der Waals surface area (Å²) in [5.74, 6) is -1.01. The predicted molar refractivity (Wildman–Crippen MR) is 58.6 cm³/mol. The van der Waals surface area contributed by atoms with Crippen LogP contribution in [0.25, 0.3) is 0 Å². The molecule has 4 heteroatoms. The fourth-order valence-corrected chi connectivity index (χ4v) is 2.98. The molecule has 0 radical (unpaired) electrons. The molecule has 1 unspecified atom stereocenters. The van der Waals surface area contributed by atoms with Crippen LogP contribution in [0.4, 0.5) is 0 Å². The van der Waals surface area contributed by atoms with Gasteiger partial charge in [0.15, 0.2) is 5.79 Å². The van der Waals surface area contributed by atoms with Crippen LogP contribution in [0.2, 0.25) is 0 Å². The Bertz CT molecular complexity index is 219. The fraction of sp³-hybridized carbons (Fsp3) is 1.00. The highest BCUT2D eigenvalue weighted by molar-refractivity contribution is 4.98. The number of likely N-dealkylation sites (N-methyl/N-ethyl adjacent to an activating group) is 1. The van der Waals surface area contributed by atoms with E-state index in [2.05, 4.69) is 17.3 Å². The Kier molecular flexibility index (Phi) is 3.30. The van der Waals surface area contributed by atoms with Crippen molar-refractivity contribution in [2.75, 3.05) is 27.2 Å². The van der Waals surface area contributed by atoms with E-state index < -0.39 is 5.79 Å². The molecular weight excluding hydrogens is 192 g/mol. The van der Waals surface area contributed by atoms with E-state index in [1.165, 1.54) is 0 Å². The fourth-order valence-electron chi connectivity index (χ4n) is 2.98. The Morgan fingerprint density at radius 3 is 2.67 bits per heavy atom. The van der Waals surface area contributed by atoms with Crippen LogP contribution in [0.3, 0.4) is 0 Å². The van der Waals surface area contributed by atoms with Gasteiger partial charge in [0.25, 0.3) is 0 Å². The number of nitrogens with zero attached hydrogens (tertiary/aromatic N) is 1. The van der Waals surface area contributed by atoms with E-state index in [0.717, 1.165) is 38.8 Å². The molecule has 2 fully saturated rings. The molecule has 0 aromatic rings. The molecule has 0 saturated carbocycles. The minimum atomic E-state index is -1.01. The number of nitrogens with one attached hydrogen (secondary N) is 1. The van der Waals surface area contributed by atoms with Gasteiger partial charge in [-0.2, -0.15) is 0 Å². The van der Waals surface area contributed by atoms with Gasteiger partial charge in [-0.3, -0.25) is 4.90 Å². The highest BCUT2D eigenvalue weighted by atomic mass is 16.6. The predicted octanol–water partition coefficient (Wildman–Crippen LogP) is 0.168. The maximum absolute atomic E-state index is 10.7. The van der Waals surface area contributed by atoms with Gasteiger partial charge >= 0.3 is 0 Å². The van der Waals surface area contributed by atoms with Gasteiger partial charge in [0.05, 0.1) is 12.1 Å². The number of aliphatic hydroxyl groups is 1. The molecule has 0 aromatic heterocycles. The molecule has 15 heavy (non-hydrogen) atoms. The zero-order valence-corrected chi connectivity index (χ0v) is 9.70. The second-order valence-electron chi connectivity index (χ2n) is 4.74. The summed E-state index contributed by atoms with van der Waals surface area (Å²) in [6.45, 7) is 2.05. The number of ether oxygens (including phenoxy) is 1. The molecule has 88 valence electrons. The molecule has 2 saturated heterocycles. The first kappa shape index (κ1) is 11.3. The van der Waals surface area contributed by atoms with Gasteiger partial charge in [0, 0.05) is 7.11 Å². The molecule has 2 rings (SSSR count). The quantitative estimate of drug-likeness (QED) is 0.657. The van der Waals surface area contributed by atoms with E-state index in [1.807, 2.05) is 0 Å². The van der Waals surface area contributed by atoms with Crippen LogP contribution in [0.1, 0.15) is 25.7 Å². The molecule has 3 atom stereocenters.